The molecule has 0 spiro atoms. The fraction of sp³-hybridized carbons (Fsp3) is 0.350. The molecule has 0 fully saturated rings. The van der Waals surface area contributed by atoms with Crippen LogP contribution in [0.25, 0.3) is 10.8 Å². The number of benzene rings is 2. The van der Waals surface area contributed by atoms with Gasteiger partial charge in [0.15, 0.2) is 0 Å². The van der Waals surface area contributed by atoms with Gasteiger partial charge in [0.25, 0.3) is 0 Å². The van der Waals surface area contributed by atoms with E-state index in [0.29, 0.717) is 40.7 Å². The van der Waals surface area contributed by atoms with Crippen molar-refractivity contribution in [3.63, 3.8) is 0 Å². The van der Waals surface area contributed by atoms with Crippen molar-refractivity contribution in [1.82, 2.24) is 0 Å². The molecule has 0 N–H and O–H groups in total. The predicted molar refractivity (Wildman–Crippen MR) is 96.5 cm³/mol. The van der Waals surface area contributed by atoms with Crippen molar-refractivity contribution < 1.29 is 33.3 Å². The number of methoxy groups -OCH3 is 2. The number of esters is 3. The Morgan fingerprint density at radius 3 is 2.07 bits per heavy atom. The molecule has 0 unspecified atom stereocenters. The first-order valence-corrected chi connectivity index (χ1v) is 8.52. The van der Waals surface area contributed by atoms with Crippen LogP contribution in [-0.4, -0.2) is 32.1 Å². The van der Waals surface area contributed by atoms with E-state index >= 15 is 0 Å². The van der Waals surface area contributed by atoms with Gasteiger partial charge in [0.1, 0.15) is 17.2 Å². The smallest absolute Gasteiger partial charge is 0.338 e. The number of hydrogen-bond donors (Lipinski definition) is 0. The molecule has 0 radical (unpaired) electrons. The minimum absolute atomic E-state index is 0.189. The fourth-order valence-electron chi connectivity index (χ4n) is 3.60. The standard InChI is InChI=1S/C20H20O7/c1-10(21)26-15-9-8-14(24-3)17-16(20(23)25-4)12-6-5-7-13(12)19(18(15)17)27-11(2)22/h8-9H,5-7H2,1-4H3. The molecule has 0 amide bonds. The Labute approximate surface area is 156 Å². The minimum Gasteiger partial charge on any atom is -0.496 e. The van der Waals surface area contributed by atoms with Crippen LogP contribution in [0.15, 0.2) is 12.1 Å². The van der Waals surface area contributed by atoms with Crippen molar-refractivity contribution in [2.24, 2.45) is 0 Å². The lowest BCUT2D eigenvalue weighted by Crippen LogP contribution is -2.12. The summed E-state index contributed by atoms with van der Waals surface area (Å²) in [6, 6.07) is 3.16. The highest BCUT2D eigenvalue weighted by Crippen LogP contribution is 2.48. The zero-order valence-electron chi connectivity index (χ0n) is 15.6. The summed E-state index contributed by atoms with van der Waals surface area (Å²) < 4.78 is 21.3. The quantitative estimate of drug-likeness (QED) is 0.602. The normalized spacial score (nSPS) is 12.4. The van der Waals surface area contributed by atoms with Crippen molar-refractivity contribution in [2.45, 2.75) is 33.1 Å². The van der Waals surface area contributed by atoms with E-state index in [1.807, 2.05) is 0 Å². The number of hydrogen-bond acceptors (Lipinski definition) is 7. The largest absolute Gasteiger partial charge is 0.496 e. The Morgan fingerprint density at radius 1 is 0.852 bits per heavy atom. The fourth-order valence-corrected chi connectivity index (χ4v) is 3.60. The average molecular weight is 372 g/mol. The summed E-state index contributed by atoms with van der Waals surface area (Å²) in [5, 5.41) is 0.751. The van der Waals surface area contributed by atoms with Crippen LogP contribution in [-0.2, 0) is 27.2 Å². The van der Waals surface area contributed by atoms with Gasteiger partial charge in [-0.15, -0.1) is 0 Å². The molecule has 2 aromatic carbocycles. The zero-order valence-corrected chi connectivity index (χ0v) is 15.6. The average Bonchev–Trinajstić information content (AvgIpc) is 3.09. The molecule has 0 bridgehead atoms. The van der Waals surface area contributed by atoms with Gasteiger partial charge in [0.2, 0.25) is 0 Å². The third kappa shape index (κ3) is 3.20. The minimum atomic E-state index is -0.532. The second-order valence-electron chi connectivity index (χ2n) is 6.21. The third-order valence-corrected chi connectivity index (χ3v) is 4.51. The van der Waals surface area contributed by atoms with Gasteiger partial charge in [-0.05, 0) is 42.5 Å². The van der Waals surface area contributed by atoms with E-state index in [0.717, 1.165) is 17.5 Å². The number of carbonyl (C=O) groups is 3. The Hall–Kier alpha value is -3.09. The van der Waals surface area contributed by atoms with Crippen molar-refractivity contribution in [2.75, 3.05) is 14.2 Å². The lowest BCUT2D eigenvalue weighted by atomic mass is 9.93. The van der Waals surface area contributed by atoms with Crippen LogP contribution in [0.5, 0.6) is 17.2 Å². The van der Waals surface area contributed by atoms with E-state index < -0.39 is 17.9 Å². The van der Waals surface area contributed by atoms with Crippen LogP contribution in [0.2, 0.25) is 0 Å². The number of carbonyl (C=O) groups excluding carboxylic acids is 3. The second kappa shape index (κ2) is 7.26. The van der Waals surface area contributed by atoms with E-state index in [1.54, 1.807) is 12.1 Å². The lowest BCUT2D eigenvalue weighted by Gasteiger charge is -2.20. The summed E-state index contributed by atoms with van der Waals surface area (Å²) in [6.45, 7) is 2.57. The van der Waals surface area contributed by atoms with Gasteiger partial charge in [-0.1, -0.05) is 0 Å². The van der Waals surface area contributed by atoms with E-state index in [4.69, 9.17) is 18.9 Å². The van der Waals surface area contributed by atoms with Gasteiger partial charge in [0.05, 0.1) is 25.2 Å². The third-order valence-electron chi connectivity index (χ3n) is 4.51. The molecule has 0 saturated carbocycles. The SMILES string of the molecule is COC(=O)c1c2c(c(OC(C)=O)c3c(OC(C)=O)ccc(OC)c13)CCC2. The molecule has 3 rings (SSSR count). The summed E-state index contributed by atoms with van der Waals surface area (Å²) in [5.74, 6) is -0.680. The zero-order chi connectivity index (χ0) is 19.7. The number of rotatable bonds is 4. The summed E-state index contributed by atoms with van der Waals surface area (Å²) in [5.41, 5.74) is 1.87. The van der Waals surface area contributed by atoms with Gasteiger partial charge < -0.3 is 18.9 Å². The van der Waals surface area contributed by atoms with Gasteiger partial charge in [0, 0.05) is 19.2 Å². The molecule has 0 aliphatic heterocycles. The maximum atomic E-state index is 12.6. The number of ether oxygens (including phenoxy) is 4. The monoisotopic (exact) mass is 372 g/mol. The summed E-state index contributed by atoms with van der Waals surface area (Å²) >= 11 is 0. The molecule has 0 saturated heterocycles. The van der Waals surface area contributed by atoms with E-state index in [1.165, 1.54) is 28.1 Å². The highest BCUT2D eigenvalue weighted by Gasteiger charge is 2.32. The molecule has 0 atom stereocenters. The molecule has 27 heavy (non-hydrogen) atoms. The van der Waals surface area contributed by atoms with Crippen molar-refractivity contribution >= 4 is 28.7 Å². The Kier molecular flexibility index (Phi) is 5.03. The van der Waals surface area contributed by atoms with E-state index in [2.05, 4.69) is 0 Å². The first-order valence-electron chi connectivity index (χ1n) is 8.52. The van der Waals surface area contributed by atoms with Crippen LogP contribution < -0.4 is 14.2 Å². The molecule has 142 valence electrons. The van der Waals surface area contributed by atoms with Crippen molar-refractivity contribution in [3.8, 4) is 17.2 Å². The molecular formula is C20H20O7. The molecule has 2 aromatic rings. The first-order chi connectivity index (χ1) is 12.9. The van der Waals surface area contributed by atoms with Crippen LogP contribution in [0, 0.1) is 0 Å². The Bertz CT molecular complexity index is 959. The summed E-state index contributed by atoms with van der Waals surface area (Å²) in [4.78, 5) is 36.0. The highest BCUT2D eigenvalue weighted by atomic mass is 16.5. The second-order valence-corrected chi connectivity index (χ2v) is 6.21. The van der Waals surface area contributed by atoms with Gasteiger partial charge in [-0.25, -0.2) is 4.79 Å². The van der Waals surface area contributed by atoms with Gasteiger partial charge in [-0.3, -0.25) is 9.59 Å². The molecule has 0 aromatic heterocycles. The van der Waals surface area contributed by atoms with Crippen molar-refractivity contribution in [3.05, 3.63) is 28.8 Å². The van der Waals surface area contributed by atoms with Crippen molar-refractivity contribution in [1.29, 1.82) is 0 Å². The molecule has 7 heteroatoms. The van der Waals surface area contributed by atoms with Gasteiger partial charge in [-0.2, -0.15) is 0 Å². The van der Waals surface area contributed by atoms with Gasteiger partial charge >= 0.3 is 17.9 Å². The Morgan fingerprint density at radius 2 is 1.48 bits per heavy atom. The van der Waals surface area contributed by atoms with Crippen LogP contribution >= 0.6 is 0 Å². The van der Waals surface area contributed by atoms with Crippen LogP contribution in [0.4, 0.5) is 0 Å². The topological polar surface area (TPSA) is 88.1 Å². The van der Waals surface area contributed by atoms with Crippen LogP contribution in [0.3, 0.4) is 0 Å². The maximum Gasteiger partial charge on any atom is 0.338 e. The summed E-state index contributed by atoms with van der Waals surface area (Å²) in [6.07, 6.45) is 2.08. The maximum absolute atomic E-state index is 12.6. The molecule has 7 nitrogen and oxygen atoms in total. The summed E-state index contributed by atoms with van der Waals surface area (Å²) in [7, 11) is 2.78. The Balaban J connectivity index is 2.53. The number of fused-ring (bicyclic) bond motifs is 2. The highest BCUT2D eigenvalue weighted by molar-refractivity contribution is 6.14. The molecule has 1 aliphatic rings. The van der Waals surface area contributed by atoms with E-state index in [-0.39, 0.29) is 5.75 Å². The molecule has 1 aliphatic carbocycles. The first kappa shape index (κ1) is 18.7. The molecule has 0 heterocycles. The lowest BCUT2D eigenvalue weighted by molar-refractivity contribution is -0.132. The predicted octanol–water partition coefficient (Wildman–Crippen LogP) is 2.97. The van der Waals surface area contributed by atoms with E-state index in [9.17, 15) is 14.4 Å². The molecular weight excluding hydrogens is 352 g/mol. The van der Waals surface area contributed by atoms with Crippen LogP contribution in [0.1, 0.15) is 41.8 Å².